The summed E-state index contributed by atoms with van der Waals surface area (Å²) in [6.07, 6.45) is 3.48. The summed E-state index contributed by atoms with van der Waals surface area (Å²) in [5, 5.41) is 18.0. The van der Waals surface area contributed by atoms with Gasteiger partial charge in [0.05, 0.1) is 0 Å². The number of hydrogen-bond donors (Lipinski definition) is 2. The summed E-state index contributed by atoms with van der Waals surface area (Å²) < 4.78 is 4.16. The molecule has 0 fully saturated rings. The van der Waals surface area contributed by atoms with E-state index >= 15 is 0 Å². The Labute approximate surface area is 85.8 Å². The summed E-state index contributed by atoms with van der Waals surface area (Å²) in [5.74, 6) is -1.03. The Hall–Kier alpha value is -1.01. The Kier molecular flexibility index (Phi) is 7.96. The first-order chi connectivity index (χ1) is 6.63. The second-order valence-electron chi connectivity index (χ2n) is 2.31. The van der Waals surface area contributed by atoms with Gasteiger partial charge in [-0.2, -0.15) is 0 Å². The Morgan fingerprint density at radius 3 is 2.07 bits per heavy atom. The molecule has 0 aromatic rings. The van der Waals surface area contributed by atoms with Gasteiger partial charge < -0.3 is 14.9 Å². The molecule has 0 aromatic carbocycles. The van der Waals surface area contributed by atoms with E-state index < -0.39 is 25.2 Å². The van der Waals surface area contributed by atoms with Gasteiger partial charge in [-0.3, -0.25) is 0 Å². The van der Waals surface area contributed by atoms with E-state index in [-0.39, 0.29) is 0 Å². The van der Waals surface area contributed by atoms with Gasteiger partial charge >= 0.3 is 11.9 Å². The first-order valence-corrected chi connectivity index (χ1v) is 4.95. The molecule has 0 saturated carbocycles. The number of thioether (sulfide) groups is 1. The number of allylic oxidation sites excluding steroid dienone is 1. The molecule has 0 amide bonds. The van der Waals surface area contributed by atoms with Crippen LogP contribution in [0.3, 0.4) is 0 Å². The van der Waals surface area contributed by atoms with Crippen molar-refractivity contribution >= 4 is 23.7 Å². The van der Waals surface area contributed by atoms with Crippen molar-refractivity contribution < 1.29 is 24.5 Å². The molecule has 0 saturated heterocycles. The number of carboxylic acid groups (broad SMARTS) is 2. The number of carboxylic acids is 2. The first kappa shape index (κ1) is 13.0. The molecule has 1 rings (SSSR count). The van der Waals surface area contributed by atoms with Crippen LogP contribution in [0.1, 0.15) is 6.42 Å². The van der Waals surface area contributed by atoms with Gasteiger partial charge in [-0.15, -0.1) is 11.8 Å². The molecule has 1 aliphatic rings. The van der Waals surface area contributed by atoms with Crippen LogP contribution in [0.4, 0.5) is 0 Å². The van der Waals surface area contributed by atoms with Gasteiger partial charge in [0.25, 0.3) is 0 Å². The minimum atomic E-state index is -1.17. The van der Waals surface area contributed by atoms with Crippen LogP contribution in [0.2, 0.25) is 0 Å². The molecule has 80 valence electrons. The Balaban J connectivity index is 0.000000280. The summed E-state index contributed by atoms with van der Waals surface area (Å²) in [6.45, 7) is -1.13. The molecule has 0 bridgehead atoms. The average molecular weight is 220 g/mol. The molecule has 0 unspecified atom stereocenters. The lowest BCUT2D eigenvalue weighted by molar-refractivity contribution is -0.148. The first-order valence-electron chi connectivity index (χ1n) is 3.91. The average Bonchev–Trinajstić information content (AvgIpc) is 2.58. The zero-order valence-electron chi connectivity index (χ0n) is 7.51. The van der Waals surface area contributed by atoms with Crippen molar-refractivity contribution in [1.29, 1.82) is 0 Å². The minimum Gasteiger partial charge on any atom is -0.480 e. The van der Waals surface area contributed by atoms with Gasteiger partial charge in [-0.05, 0) is 11.8 Å². The second kappa shape index (κ2) is 8.58. The van der Waals surface area contributed by atoms with Crippen molar-refractivity contribution in [3.8, 4) is 0 Å². The van der Waals surface area contributed by atoms with Crippen molar-refractivity contribution in [2.24, 2.45) is 0 Å². The van der Waals surface area contributed by atoms with E-state index in [9.17, 15) is 9.59 Å². The second-order valence-corrected chi connectivity index (χ2v) is 3.33. The number of hydrogen-bond acceptors (Lipinski definition) is 4. The lowest BCUT2D eigenvalue weighted by Crippen LogP contribution is -2.13. The Bertz CT molecular complexity index is 194. The van der Waals surface area contributed by atoms with Crippen LogP contribution in [-0.4, -0.2) is 41.1 Å². The monoisotopic (exact) mass is 220 g/mol. The lowest BCUT2D eigenvalue weighted by atomic mass is 10.5. The zero-order chi connectivity index (χ0) is 10.8. The summed E-state index contributed by atoms with van der Waals surface area (Å²) in [6, 6.07) is 0. The standard InChI is InChI=1S/C4H6O5.C4H6S/c5-3(6)1-9-2-4(7)8;1-2-4-5-3-1/h1-2H2,(H,5,6)(H,7,8);1,3H,2,4H2. The van der Waals surface area contributed by atoms with E-state index in [0.717, 1.165) is 0 Å². The minimum absolute atomic E-state index is 0.563. The van der Waals surface area contributed by atoms with E-state index in [0.29, 0.717) is 0 Å². The highest BCUT2D eigenvalue weighted by atomic mass is 32.2. The van der Waals surface area contributed by atoms with Crippen LogP contribution in [-0.2, 0) is 14.3 Å². The molecule has 2 N–H and O–H groups in total. The third kappa shape index (κ3) is 11.0. The maximum absolute atomic E-state index is 9.66. The Morgan fingerprint density at radius 2 is 1.86 bits per heavy atom. The molecule has 0 spiro atoms. The molecular weight excluding hydrogens is 208 g/mol. The van der Waals surface area contributed by atoms with Crippen LogP contribution in [0.25, 0.3) is 0 Å². The Morgan fingerprint density at radius 1 is 1.29 bits per heavy atom. The van der Waals surface area contributed by atoms with Crippen LogP contribution < -0.4 is 0 Å². The smallest absolute Gasteiger partial charge is 0.329 e. The van der Waals surface area contributed by atoms with E-state index in [1.807, 2.05) is 11.8 Å². The van der Waals surface area contributed by atoms with Crippen LogP contribution in [0, 0.1) is 0 Å². The molecule has 0 aromatic heterocycles. The predicted molar refractivity (Wildman–Crippen MR) is 52.3 cm³/mol. The van der Waals surface area contributed by atoms with Gasteiger partial charge in [-0.1, -0.05) is 6.08 Å². The topological polar surface area (TPSA) is 83.8 Å². The predicted octanol–water partition coefficient (Wildman–Crippen LogP) is 0.809. The molecule has 5 nitrogen and oxygen atoms in total. The van der Waals surface area contributed by atoms with Gasteiger partial charge in [0, 0.05) is 5.75 Å². The molecule has 6 heteroatoms. The highest BCUT2D eigenvalue weighted by Crippen LogP contribution is 2.11. The fraction of sp³-hybridized carbons (Fsp3) is 0.500. The quantitative estimate of drug-likeness (QED) is 0.729. The zero-order valence-corrected chi connectivity index (χ0v) is 8.33. The molecule has 14 heavy (non-hydrogen) atoms. The van der Waals surface area contributed by atoms with E-state index in [1.165, 1.54) is 12.2 Å². The van der Waals surface area contributed by atoms with Crippen molar-refractivity contribution in [1.82, 2.24) is 0 Å². The van der Waals surface area contributed by atoms with Crippen molar-refractivity contribution in [3.05, 3.63) is 11.5 Å². The fourth-order valence-electron chi connectivity index (χ4n) is 0.566. The molecule has 1 aliphatic heterocycles. The van der Waals surface area contributed by atoms with Crippen LogP contribution in [0.5, 0.6) is 0 Å². The van der Waals surface area contributed by atoms with Crippen molar-refractivity contribution in [2.75, 3.05) is 19.0 Å². The number of rotatable bonds is 4. The van der Waals surface area contributed by atoms with Gasteiger partial charge in [-0.25, -0.2) is 9.59 Å². The number of ether oxygens (including phenoxy) is 1. The molecule has 0 atom stereocenters. The third-order valence-electron chi connectivity index (χ3n) is 1.05. The molecule has 0 aliphatic carbocycles. The van der Waals surface area contributed by atoms with Gasteiger partial charge in [0.1, 0.15) is 13.2 Å². The maximum atomic E-state index is 9.66. The van der Waals surface area contributed by atoms with Gasteiger partial charge in [0.2, 0.25) is 0 Å². The molecule has 0 radical (unpaired) electrons. The summed E-state index contributed by atoms with van der Waals surface area (Å²) in [7, 11) is 0. The molecule has 1 heterocycles. The maximum Gasteiger partial charge on any atom is 0.329 e. The molecular formula is C8H12O5S. The number of aliphatic carboxylic acids is 2. The highest BCUT2D eigenvalue weighted by molar-refractivity contribution is 8.02. The van der Waals surface area contributed by atoms with Crippen molar-refractivity contribution in [3.63, 3.8) is 0 Å². The summed E-state index contributed by atoms with van der Waals surface area (Å²) >= 11 is 1.89. The summed E-state index contributed by atoms with van der Waals surface area (Å²) in [5.41, 5.74) is 0. The normalized spacial score (nSPS) is 13.1. The van der Waals surface area contributed by atoms with E-state index in [1.54, 1.807) is 0 Å². The number of carbonyl (C=O) groups is 2. The van der Waals surface area contributed by atoms with Crippen molar-refractivity contribution in [2.45, 2.75) is 6.42 Å². The van der Waals surface area contributed by atoms with Crippen LogP contribution in [0.15, 0.2) is 11.5 Å². The highest BCUT2D eigenvalue weighted by Gasteiger charge is 1.99. The SMILES string of the molecule is C1=CSCC1.O=C(O)COCC(=O)O. The van der Waals surface area contributed by atoms with E-state index in [2.05, 4.69) is 16.2 Å². The van der Waals surface area contributed by atoms with Crippen LogP contribution >= 0.6 is 11.8 Å². The lowest BCUT2D eigenvalue weighted by Gasteiger charge is -1.92. The summed E-state index contributed by atoms with van der Waals surface area (Å²) in [4.78, 5) is 19.3. The third-order valence-corrected chi connectivity index (χ3v) is 1.90. The van der Waals surface area contributed by atoms with E-state index in [4.69, 9.17) is 10.2 Å². The largest absolute Gasteiger partial charge is 0.480 e. The van der Waals surface area contributed by atoms with Gasteiger partial charge in [0.15, 0.2) is 0 Å². The fourth-order valence-corrected chi connectivity index (χ4v) is 1.25.